The highest BCUT2D eigenvalue weighted by Crippen LogP contribution is 2.18. The van der Waals surface area contributed by atoms with Crippen molar-refractivity contribution in [3.8, 4) is 0 Å². The maximum Gasteiger partial charge on any atom is 0.00414 e. The molecule has 0 aromatic carbocycles. The summed E-state index contributed by atoms with van der Waals surface area (Å²) < 4.78 is 0. The zero-order valence-corrected chi connectivity index (χ0v) is 8.68. The van der Waals surface area contributed by atoms with Gasteiger partial charge in [0.2, 0.25) is 0 Å². The first-order valence-corrected chi connectivity index (χ1v) is 5.29. The fourth-order valence-corrected chi connectivity index (χ4v) is 1.53. The van der Waals surface area contributed by atoms with E-state index in [2.05, 4.69) is 20.8 Å². The predicted octanol–water partition coefficient (Wildman–Crippen LogP) is 3.14. The molecule has 0 aliphatic heterocycles. The van der Waals surface area contributed by atoms with Gasteiger partial charge in [0.25, 0.3) is 0 Å². The smallest absolute Gasteiger partial charge is 0.00414 e. The number of nitrogens with two attached hydrogens (primary N) is 1. The van der Waals surface area contributed by atoms with Gasteiger partial charge in [0.15, 0.2) is 0 Å². The molecule has 1 radical (unpaired) electrons. The molecule has 0 spiro atoms. The summed E-state index contributed by atoms with van der Waals surface area (Å²) in [7, 11) is 0. The summed E-state index contributed by atoms with van der Waals surface area (Å²) in [5.74, 6) is 0.835. The highest BCUT2D eigenvalue weighted by molar-refractivity contribution is 4.68. The van der Waals surface area contributed by atoms with Gasteiger partial charge in [-0.25, -0.2) is 0 Å². The van der Waals surface area contributed by atoms with E-state index in [1.165, 1.54) is 32.1 Å². The molecule has 2 atom stereocenters. The van der Waals surface area contributed by atoms with Gasteiger partial charge < -0.3 is 5.73 Å². The van der Waals surface area contributed by atoms with Gasteiger partial charge in [0, 0.05) is 6.04 Å². The minimum absolute atomic E-state index is 0.326. The summed E-state index contributed by atoms with van der Waals surface area (Å²) in [5, 5.41) is 0. The van der Waals surface area contributed by atoms with Crippen molar-refractivity contribution in [2.45, 2.75) is 58.4 Å². The Morgan fingerprint density at radius 1 is 1.33 bits per heavy atom. The largest absolute Gasteiger partial charge is 0.328 e. The Hall–Kier alpha value is -0.0400. The Balaban J connectivity index is 3.51. The molecule has 2 N–H and O–H groups in total. The maximum atomic E-state index is 5.86. The molecule has 0 heterocycles. The van der Waals surface area contributed by atoms with Gasteiger partial charge in [-0.05, 0) is 18.8 Å². The Labute approximate surface area is 77.7 Å². The third-order valence-corrected chi connectivity index (χ3v) is 2.55. The molecule has 2 unspecified atom stereocenters. The van der Waals surface area contributed by atoms with E-state index in [0.717, 1.165) is 12.3 Å². The predicted molar refractivity (Wildman–Crippen MR) is 55.9 cm³/mol. The summed E-state index contributed by atoms with van der Waals surface area (Å²) >= 11 is 0. The minimum Gasteiger partial charge on any atom is -0.328 e. The average molecular weight is 170 g/mol. The summed E-state index contributed by atoms with van der Waals surface area (Å²) in [6.45, 7) is 8.33. The van der Waals surface area contributed by atoms with Crippen molar-refractivity contribution in [2.75, 3.05) is 0 Å². The average Bonchev–Trinajstić information content (AvgIpc) is 2.11. The van der Waals surface area contributed by atoms with Crippen LogP contribution in [0.4, 0.5) is 0 Å². The number of hydrogen-bond acceptors (Lipinski definition) is 1. The molecule has 0 bridgehead atoms. The third-order valence-electron chi connectivity index (χ3n) is 2.55. The molecule has 0 rings (SSSR count). The van der Waals surface area contributed by atoms with Crippen LogP contribution in [-0.2, 0) is 0 Å². The SMILES string of the molecule is [CH2]CC(N)CC(CC)CCCC. The van der Waals surface area contributed by atoms with Gasteiger partial charge in [-0.2, -0.15) is 0 Å². The minimum atomic E-state index is 0.326. The van der Waals surface area contributed by atoms with Crippen molar-refractivity contribution in [2.24, 2.45) is 11.7 Å². The van der Waals surface area contributed by atoms with Gasteiger partial charge in [-0.3, -0.25) is 0 Å². The van der Waals surface area contributed by atoms with Crippen LogP contribution in [0, 0.1) is 12.8 Å². The van der Waals surface area contributed by atoms with Crippen LogP contribution in [0.25, 0.3) is 0 Å². The van der Waals surface area contributed by atoms with Crippen molar-refractivity contribution in [3.63, 3.8) is 0 Å². The summed E-state index contributed by atoms with van der Waals surface area (Å²) in [6, 6.07) is 0.326. The molecule has 1 nitrogen and oxygen atoms in total. The molecule has 73 valence electrons. The molecule has 0 aromatic rings. The van der Waals surface area contributed by atoms with E-state index in [0.29, 0.717) is 6.04 Å². The van der Waals surface area contributed by atoms with Crippen LogP contribution in [-0.4, -0.2) is 6.04 Å². The summed E-state index contributed by atoms with van der Waals surface area (Å²) in [4.78, 5) is 0. The van der Waals surface area contributed by atoms with Crippen LogP contribution in [0.1, 0.15) is 52.4 Å². The Bertz CT molecular complexity index is 91.0. The van der Waals surface area contributed by atoms with Crippen molar-refractivity contribution in [1.29, 1.82) is 0 Å². The van der Waals surface area contributed by atoms with Crippen LogP contribution < -0.4 is 5.73 Å². The Morgan fingerprint density at radius 2 is 2.00 bits per heavy atom. The lowest BCUT2D eigenvalue weighted by Crippen LogP contribution is -2.22. The van der Waals surface area contributed by atoms with Gasteiger partial charge >= 0.3 is 0 Å². The lowest BCUT2D eigenvalue weighted by Gasteiger charge is -2.18. The maximum absolute atomic E-state index is 5.86. The second kappa shape index (κ2) is 7.60. The zero-order valence-electron chi connectivity index (χ0n) is 8.68. The van der Waals surface area contributed by atoms with Gasteiger partial charge in [-0.15, -0.1) is 0 Å². The van der Waals surface area contributed by atoms with Crippen LogP contribution >= 0.6 is 0 Å². The lowest BCUT2D eigenvalue weighted by molar-refractivity contribution is 0.384. The van der Waals surface area contributed by atoms with Gasteiger partial charge in [-0.1, -0.05) is 46.5 Å². The summed E-state index contributed by atoms with van der Waals surface area (Å²) in [5.41, 5.74) is 5.86. The molecular formula is C11H24N. The normalized spacial score (nSPS) is 16.0. The van der Waals surface area contributed by atoms with Crippen LogP contribution in [0.15, 0.2) is 0 Å². The van der Waals surface area contributed by atoms with Crippen molar-refractivity contribution in [3.05, 3.63) is 6.92 Å². The molecule has 0 aliphatic rings. The van der Waals surface area contributed by atoms with E-state index in [1.807, 2.05) is 0 Å². The van der Waals surface area contributed by atoms with Crippen LogP contribution in [0.5, 0.6) is 0 Å². The quantitative estimate of drug-likeness (QED) is 0.624. The van der Waals surface area contributed by atoms with E-state index >= 15 is 0 Å². The second-order valence-corrected chi connectivity index (χ2v) is 3.70. The van der Waals surface area contributed by atoms with E-state index in [9.17, 15) is 0 Å². The molecule has 0 aliphatic carbocycles. The molecule has 0 aromatic heterocycles. The Morgan fingerprint density at radius 3 is 2.42 bits per heavy atom. The van der Waals surface area contributed by atoms with E-state index in [1.54, 1.807) is 0 Å². The first-order valence-electron chi connectivity index (χ1n) is 5.29. The topological polar surface area (TPSA) is 26.0 Å². The van der Waals surface area contributed by atoms with E-state index in [-0.39, 0.29) is 0 Å². The number of hydrogen-bond donors (Lipinski definition) is 1. The molecule has 0 saturated heterocycles. The summed E-state index contributed by atoms with van der Waals surface area (Å²) in [6.07, 6.45) is 7.31. The van der Waals surface area contributed by atoms with E-state index in [4.69, 9.17) is 5.73 Å². The first-order chi connectivity index (χ1) is 5.74. The standard InChI is InChI=1S/C11H24N/c1-4-7-8-10(5-2)9-11(12)6-3/h10-11H,3-9,12H2,1-2H3. The third kappa shape index (κ3) is 5.59. The van der Waals surface area contributed by atoms with Crippen molar-refractivity contribution >= 4 is 0 Å². The van der Waals surface area contributed by atoms with Crippen LogP contribution in [0.3, 0.4) is 0 Å². The molecule has 0 amide bonds. The highest BCUT2D eigenvalue weighted by Gasteiger charge is 2.09. The molecule has 12 heavy (non-hydrogen) atoms. The fourth-order valence-electron chi connectivity index (χ4n) is 1.53. The molecule has 0 saturated carbocycles. The molecule has 0 fully saturated rings. The van der Waals surface area contributed by atoms with Crippen molar-refractivity contribution < 1.29 is 0 Å². The molecule has 1 heteroatoms. The lowest BCUT2D eigenvalue weighted by atomic mass is 9.91. The monoisotopic (exact) mass is 170 g/mol. The number of rotatable bonds is 7. The van der Waals surface area contributed by atoms with Crippen LogP contribution in [0.2, 0.25) is 0 Å². The second-order valence-electron chi connectivity index (χ2n) is 3.70. The molecular weight excluding hydrogens is 146 g/mol. The van der Waals surface area contributed by atoms with Gasteiger partial charge in [0.05, 0.1) is 0 Å². The Kier molecular flexibility index (Phi) is 7.58. The van der Waals surface area contributed by atoms with Crippen molar-refractivity contribution in [1.82, 2.24) is 0 Å². The highest BCUT2D eigenvalue weighted by atomic mass is 14.6. The zero-order chi connectivity index (χ0) is 9.40. The van der Waals surface area contributed by atoms with Gasteiger partial charge in [0.1, 0.15) is 0 Å². The first kappa shape index (κ1) is 12.0. The van der Waals surface area contributed by atoms with E-state index < -0.39 is 0 Å². The number of unbranched alkanes of at least 4 members (excludes halogenated alkanes) is 1. The fraction of sp³-hybridized carbons (Fsp3) is 0.909.